The van der Waals surface area contributed by atoms with Gasteiger partial charge in [0.15, 0.2) is 0 Å². The summed E-state index contributed by atoms with van der Waals surface area (Å²) < 4.78 is 25.1. The van der Waals surface area contributed by atoms with Gasteiger partial charge in [0, 0.05) is 13.1 Å². The lowest BCUT2D eigenvalue weighted by molar-refractivity contribution is 0.273. The van der Waals surface area contributed by atoms with Crippen LogP contribution >= 0.6 is 0 Å². The van der Waals surface area contributed by atoms with Crippen LogP contribution in [-0.2, 0) is 16.4 Å². The van der Waals surface area contributed by atoms with Crippen LogP contribution < -0.4 is 0 Å². The highest BCUT2D eigenvalue weighted by Crippen LogP contribution is 2.23. The van der Waals surface area contributed by atoms with Gasteiger partial charge >= 0.3 is 0 Å². The number of sulfonamides is 1. The molecule has 3 nitrogen and oxygen atoms in total. The lowest BCUT2D eigenvalue weighted by Gasteiger charge is -2.31. The third-order valence-corrected chi connectivity index (χ3v) is 5.58. The maximum atomic E-state index is 11.7. The summed E-state index contributed by atoms with van der Waals surface area (Å²) in [7, 11) is -2.98. The van der Waals surface area contributed by atoms with Gasteiger partial charge in [-0.25, -0.2) is 12.7 Å². The fourth-order valence-electron chi connectivity index (χ4n) is 2.52. The number of benzene rings is 1. The summed E-state index contributed by atoms with van der Waals surface area (Å²) in [6.45, 7) is 3.09. The van der Waals surface area contributed by atoms with Crippen LogP contribution in [0.1, 0.15) is 25.3 Å². The van der Waals surface area contributed by atoms with E-state index in [-0.39, 0.29) is 5.75 Å². The van der Waals surface area contributed by atoms with Crippen LogP contribution in [0.4, 0.5) is 0 Å². The summed E-state index contributed by atoms with van der Waals surface area (Å²) in [6.07, 6.45) is 3.03. The van der Waals surface area contributed by atoms with Crippen LogP contribution in [0.25, 0.3) is 0 Å². The Kier molecular flexibility index (Phi) is 4.40. The average molecular weight is 267 g/mol. The van der Waals surface area contributed by atoms with Gasteiger partial charge < -0.3 is 0 Å². The first-order valence-electron chi connectivity index (χ1n) is 6.63. The molecule has 0 saturated carbocycles. The Balaban J connectivity index is 1.88. The highest BCUT2D eigenvalue weighted by Gasteiger charge is 2.26. The van der Waals surface area contributed by atoms with Gasteiger partial charge in [0.1, 0.15) is 0 Å². The van der Waals surface area contributed by atoms with Crippen molar-refractivity contribution in [2.75, 3.05) is 18.8 Å². The molecule has 100 valence electrons. The van der Waals surface area contributed by atoms with Crippen LogP contribution in [-0.4, -0.2) is 31.6 Å². The Hall–Kier alpha value is -0.870. The topological polar surface area (TPSA) is 37.4 Å². The minimum absolute atomic E-state index is 0.219. The number of piperidine rings is 1. The Labute approximate surface area is 110 Å². The van der Waals surface area contributed by atoms with Crippen LogP contribution in [0.5, 0.6) is 0 Å². The lowest BCUT2D eigenvalue weighted by atomic mass is 9.91. The molecule has 1 saturated heterocycles. The smallest absolute Gasteiger partial charge is 0.212 e. The molecule has 1 aliphatic heterocycles. The molecule has 0 aromatic heterocycles. The van der Waals surface area contributed by atoms with Gasteiger partial charge in [0.2, 0.25) is 10.0 Å². The fourth-order valence-corrected chi connectivity index (χ4v) is 3.65. The second-order valence-corrected chi connectivity index (χ2v) is 7.19. The molecule has 1 aliphatic rings. The molecule has 0 amide bonds. The number of hydrogen-bond acceptors (Lipinski definition) is 2. The van der Waals surface area contributed by atoms with E-state index in [1.807, 2.05) is 6.07 Å². The van der Waals surface area contributed by atoms with Crippen LogP contribution in [0.2, 0.25) is 0 Å². The van der Waals surface area contributed by atoms with Crippen molar-refractivity contribution in [2.24, 2.45) is 5.92 Å². The Bertz CT molecular complexity index is 462. The predicted molar refractivity (Wildman–Crippen MR) is 73.9 cm³/mol. The molecule has 1 aromatic carbocycles. The van der Waals surface area contributed by atoms with Crippen molar-refractivity contribution in [1.82, 2.24) is 4.31 Å². The normalized spacial score (nSPS) is 18.9. The molecule has 0 aliphatic carbocycles. The van der Waals surface area contributed by atoms with Crippen molar-refractivity contribution in [1.29, 1.82) is 0 Å². The van der Waals surface area contributed by atoms with Crippen molar-refractivity contribution in [3.8, 4) is 0 Å². The fraction of sp³-hybridized carbons (Fsp3) is 0.571. The Morgan fingerprint density at radius 3 is 2.33 bits per heavy atom. The summed E-state index contributed by atoms with van der Waals surface area (Å²) in [5, 5.41) is 0. The van der Waals surface area contributed by atoms with E-state index in [0.717, 1.165) is 19.3 Å². The second kappa shape index (κ2) is 5.85. The second-order valence-electron chi connectivity index (χ2n) is 4.93. The molecular formula is C14H21NO2S. The summed E-state index contributed by atoms with van der Waals surface area (Å²) in [4.78, 5) is 0. The highest BCUT2D eigenvalue weighted by atomic mass is 32.2. The molecule has 0 spiro atoms. The number of nitrogens with zero attached hydrogens (tertiary/aromatic N) is 1. The standard InChI is InChI=1S/C14H21NO2S/c1-2-18(16,17)15-10-8-14(9-11-15)12-13-6-4-3-5-7-13/h3-7,14H,2,8-12H2,1H3. The van der Waals surface area contributed by atoms with E-state index in [4.69, 9.17) is 0 Å². The Morgan fingerprint density at radius 2 is 1.78 bits per heavy atom. The van der Waals surface area contributed by atoms with Crippen molar-refractivity contribution in [3.05, 3.63) is 35.9 Å². The number of hydrogen-bond donors (Lipinski definition) is 0. The van der Waals surface area contributed by atoms with E-state index in [2.05, 4.69) is 24.3 Å². The van der Waals surface area contributed by atoms with E-state index in [1.54, 1.807) is 11.2 Å². The SMILES string of the molecule is CCS(=O)(=O)N1CCC(Cc2ccccc2)CC1. The van der Waals surface area contributed by atoms with E-state index in [0.29, 0.717) is 19.0 Å². The van der Waals surface area contributed by atoms with E-state index >= 15 is 0 Å². The van der Waals surface area contributed by atoms with E-state index in [1.165, 1.54) is 5.56 Å². The van der Waals surface area contributed by atoms with Crippen LogP contribution in [0.15, 0.2) is 30.3 Å². The summed E-state index contributed by atoms with van der Waals surface area (Å²) in [6, 6.07) is 10.4. The van der Waals surface area contributed by atoms with Gasteiger partial charge in [-0.2, -0.15) is 0 Å². The first-order valence-corrected chi connectivity index (χ1v) is 8.24. The molecule has 1 aromatic rings. The summed E-state index contributed by atoms with van der Waals surface area (Å²) in [5.74, 6) is 0.840. The third-order valence-electron chi connectivity index (χ3n) is 3.70. The molecule has 1 heterocycles. The van der Waals surface area contributed by atoms with Crippen LogP contribution in [0.3, 0.4) is 0 Å². The highest BCUT2D eigenvalue weighted by molar-refractivity contribution is 7.89. The minimum Gasteiger partial charge on any atom is -0.212 e. The van der Waals surface area contributed by atoms with Crippen molar-refractivity contribution in [3.63, 3.8) is 0 Å². The first kappa shape index (κ1) is 13.6. The maximum absolute atomic E-state index is 11.7. The molecule has 0 atom stereocenters. The molecule has 2 rings (SSSR count). The molecule has 0 bridgehead atoms. The molecular weight excluding hydrogens is 246 g/mol. The maximum Gasteiger partial charge on any atom is 0.213 e. The van der Waals surface area contributed by atoms with E-state index < -0.39 is 10.0 Å². The minimum atomic E-state index is -2.98. The van der Waals surface area contributed by atoms with Gasteiger partial charge in [-0.3, -0.25) is 0 Å². The predicted octanol–water partition coefficient (Wildman–Crippen LogP) is 2.29. The van der Waals surface area contributed by atoms with Gasteiger partial charge in [0.25, 0.3) is 0 Å². The molecule has 0 radical (unpaired) electrons. The van der Waals surface area contributed by atoms with Gasteiger partial charge in [-0.05, 0) is 37.7 Å². The molecule has 4 heteroatoms. The monoisotopic (exact) mass is 267 g/mol. The van der Waals surface area contributed by atoms with Crippen molar-refractivity contribution in [2.45, 2.75) is 26.2 Å². The van der Waals surface area contributed by atoms with Crippen molar-refractivity contribution >= 4 is 10.0 Å². The number of rotatable bonds is 4. The van der Waals surface area contributed by atoms with E-state index in [9.17, 15) is 8.42 Å². The van der Waals surface area contributed by atoms with Gasteiger partial charge in [0.05, 0.1) is 5.75 Å². The first-order chi connectivity index (χ1) is 8.62. The lowest BCUT2D eigenvalue weighted by Crippen LogP contribution is -2.39. The van der Waals surface area contributed by atoms with Gasteiger partial charge in [-0.15, -0.1) is 0 Å². The quantitative estimate of drug-likeness (QED) is 0.839. The molecule has 1 fully saturated rings. The molecule has 18 heavy (non-hydrogen) atoms. The summed E-state index contributed by atoms with van der Waals surface area (Å²) in [5.41, 5.74) is 1.36. The zero-order valence-electron chi connectivity index (χ0n) is 10.9. The zero-order valence-corrected chi connectivity index (χ0v) is 11.7. The van der Waals surface area contributed by atoms with Crippen LogP contribution in [0, 0.1) is 5.92 Å². The van der Waals surface area contributed by atoms with Gasteiger partial charge in [-0.1, -0.05) is 30.3 Å². The molecule has 0 N–H and O–H groups in total. The zero-order chi connectivity index (χ0) is 13.0. The van der Waals surface area contributed by atoms with Crippen molar-refractivity contribution < 1.29 is 8.42 Å². The summed E-state index contributed by atoms with van der Waals surface area (Å²) >= 11 is 0. The Morgan fingerprint density at radius 1 is 1.17 bits per heavy atom. The largest absolute Gasteiger partial charge is 0.213 e. The average Bonchev–Trinajstić information content (AvgIpc) is 2.40. The molecule has 0 unspecified atom stereocenters. The third kappa shape index (κ3) is 3.33.